The van der Waals surface area contributed by atoms with Gasteiger partial charge in [0.15, 0.2) is 0 Å². The predicted molar refractivity (Wildman–Crippen MR) is 259 cm³/mol. The fourth-order valence-electron chi connectivity index (χ4n) is 7.25. The van der Waals surface area contributed by atoms with E-state index in [-0.39, 0.29) is 46.5 Å². The molecule has 4 aromatic carbocycles. The smallest absolute Gasteiger partial charge is 0.109 e. The second kappa shape index (κ2) is 21.8. The molecule has 0 amide bonds. The molecule has 2 aliphatic rings. The molecule has 0 spiro atoms. The summed E-state index contributed by atoms with van der Waals surface area (Å²) >= 11 is 25.3. The van der Waals surface area contributed by atoms with Crippen LogP contribution in [0.25, 0.3) is 11.1 Å². The zero-order chi connectivity index (χ0) is 41.8. The Bertz CT molecular complexity index is 1900. The number of halogens is 6. The van der Waals surface area contributed by atoms with Crippen molar-refractivity contribution >= 4 is 74.4 Å². The summed E-state index contributed by atoms with van der Waals surface area (Å²) in [5.41, 5.74) is 18.6. The number of rotatable bonds is 6. The van der Waals surface area contributed by atoms with Gasteiger partial charge in [-0.25, -0.2) is 12.2 Å². The van der Waals surface area contributed by atoms with E-state index in [1.807, 2.05) is 24.3 Å². The van der Waals surface area contributed by atoms with E-state index < -0.39 is 0 Å². The van der Waals surface area contributed by atoms with Crippen LogP contribution in [-0.4, -0.2) is 3.21 Å². The van der Waals surface area contributed by atoms with Crippen LogP contribution < -0.4 is 0 Å². The SMILES string of the molecule is CC(C)(C)c1[c-]c2c(cc1C(C)(C)C)-c1cc(C(C)(C)C)c(C(C)(C)C)cc1C2.Cl.Cl.ClCc1cc(CCl)cc([C](=[Zr+2])c2cc(CCl)cc(CCl)c2)c1.[C-]1=CC=CC1. The first kappa shape index (κ1) is 53.0. The van der Waals surface area contributed by atoms with E-state index in [9.17, 15) is 0 Å². The fraction of sp³-hybridized carbons (Fsp3) is 0.431. The predicted octanol–water partition coefficient (Wildman–Crippen LogP) is 16.2. The summed E-state index contributed by atoms with van der Waals surface area (Å²) in [6.07, 6.45) is 11.0. The summed E-state index contributed by atoms with van der Waals surface area (Å²) in [6.45, 7) is 28.0. The largest absolute Gasteiger partial charge is 0.273 e. The van der Waals surface area contributed by atoms with E-state index in [0.717, 1.165) is 35.1 Å². The van der Waals surface area contributed by atoms with Crippen LogP contribution >= 0.6 is 71.2 Å². The molecular weight excluding hydrogens is 917 g/mol. The molecule has 0 aliphatic heterocycles. The van der Waals surface area contributed by atoms with Crippen LogP contribution in [0.15, 0.2) is 72.8 Å². The Labute approximate surface area is 399 Å². The van der Waals surface area contributed by atoms with Gasteiger partial charge in [-0.3, -0.25) is 6.08 Å². The van der Waals surface area contributed by atoms with Crippen LogP contribution in [0.1, 0.15) is 156 Å². The summed E-state index contributed by atoms with van der Waals surface area (Å²) in [6, 6.07) is 24.0. The summed E-state index contributed by atoms with van der Waals surface area (Å²) in [7, 11) is 0. The quantitative estimate of drug-likeness (QED) is 0.117. The minimum atomic E-state index is 0. The third kappa shape index (κ3) is 13.7. The molecule has 2 aliphatic carbocycles. The van der Waals surface area contributed by atoms with Gasteiger partial charge in [0, 0.05) is 0 Å². The van der Waals surface area contributed by atoms with E-state index in [1.54, 1.807) is 0 Å². The van der Waals surface area contributed by atoms with Crippen molar-refractivity contribution in [3.8, 4) is 11.1 Å². The Morgan fingerprint density at radius 2 is 0.966 bits per heavy atom. The van der Waals surface area contributed by atoms with Crippen LogP contribution in [0, 0.1) is 12.1 Å². The average molecular weight is 979 g/mol. The van der Waals surface area contributed by atoms with E-state index in [1.165, 1.54) is 83.1 Å². The monoisotopic (exact) mass is 974 g/mol. The molecule has 4 aromatic rings. The van der Waals surface area contributed by atoms with Gasteiger partial charge in [0.05, 0.1) is 0 Å². The van der Waals surface area contributed by atoms with E-state index in [2.05, 4.69) is 144 Å². The van der Waals surface area contributed by atoms with Crippen LogP contribution in [0.5, 0.6) is 0 Å². The molecule has 0 aromatic heterocycles. The molecule has 0 saturated heterocycles. The van der Waals surface area contributed by atoms with Gasteiger partial charge in [0.25, 0.3) is 0 Å². The summed E-state index contributed by atoms with van der Waals surface area (Å²) in [5, 5.41) is 0. The van der Waals surface area contributed by atoms with Crippen LogP contribution in [0.4, 0.5) is 0 Å². The summed E-state index contributed by atoms with van der Waals surface area (Å²) < 4.78 is 1.25. The van der Waals surface area contributed by atoms with Gasteiger partial charge in [0.2, 0.25) is 0 Å². The van der Waals surface area contributed by atoms with Crippen molar-refractivity contribution in [3.63, 3.8) is 0 Å². The summed E-state index contributed by atoms with van der Waals surface area (Å²) in [4.78, 5) is 0. The Hall–Kier alpha value is -1.15. The number of fused-ring (bicyclic) bond motifs is 3. The maximum atomic E-state index is 5.99. The molecule has 0 radical (unpaired) electrons. The van der Waals surface area contributed by atoms with Crippen molar-refractivity contribution in [3.05, 3.63) is 152 Å². The topological polar surface area (TPSA) is 0 Å². The van der Waals surface area contributed by atoms with Gasteiger partial charge in [-0.2, -0.15) is 23.8 Å². The number of allylic oxidation sites excluding steroid dienone is 4. The normalized spacial score (nSPS) is 13.0. The van der Waals surface area contributed by atoms with Gasteiger partial charge in [-0.15, -0.1) is 47.9 Å². The number of hydrogen-bond donors (Lipinski definition) is 0. The second-order valence-corrected chi connectivity index (χ2v) is 21.5. The van der Waals surface area contributed by atoms with Crippen LogP contribution in [0.3, 0.4) is 0 Å². The standard InChI is InChI=1S/C29H41.C17H14Cl4.C5H5.2ClH.Zr/c1-26(2,3)22-14-18-13-19-15-23(27(4,5)6)25(29(10,11)12)17-21(19)20(18)16-24(22)28(7,8)9;18-8-14-2-12(3-15(6-14)9-19)1-13-4-16(10-20)7-17(5-13)11-21;1-2-4-5-3-1;;;/h14,16-17H,13H2,1-12H3;2-7H,8-11H2;1-3H,4H2;2*1H;/q-1;;-1;;;+2. The van der Waals surface area contributed by atoms with Crippen molar-refractivity contribution in [2.45, 2.75) is 141 Å². The first-order valence-electron chi connectivity index (χ1n) is 19.6. The molecule has 58 heavy (non-hydrogen) atoms. The molecule has 0 saturated carbocycles. The van der Waals surface area contributed by atoms with E-state index in [0.29, 0.717) is 23.5 Å². The Balaban J connectivity index is 0.000000354. The van der Waals surface area contributed by atoms with Gasteiger partial charge in [-0.1, -0.05) is 106 Å². The van der Waals surface area contributed by atoms with Crippen LogP contribution in [-0.2, 0) is 75.8 Å². The number of hydrogen-bond acceptors (Lipinski definition) is 0. The van der Waals surface area contributed by atoms with Crippen molar-refractivity contribution in [1.29, 1.82) is 0 Å². The fourth-order valence-corrected chi connectivity index (χ4v) is 8.58. The number of alkyl halides is 4. The molecule has 0 unspecified atom stereocenters. The Kier molecular flexibility index (Phi) is 19.9. The molecule has 6 rings (SSSR count). The molecule has 7 heteroatoms. The van der Waals surface area contributed by atoms with Crippen molar-refractivity contribution in [2.24, 2.45) is 0 Å². The van der Waals surface area contributed by atoms with Gasteiger partial charge < -0.3 is 0 Å². The molecule has 0 N–H and O–H groups in total. The van der Waals surface area contributed by atoms with Gasteiger partial charge in [0.1, 0.15) is 0 Å². The zero-order valence-electron chi connectivity index (χ0n) is 36.5. The zero-order valence-corrected chi connectivity index (χ0v) is 43.6. The minimum Gasteiger partial charge on any atom is -0.273 e. The van der Waals surface area contributed by atoms with Crippen molar-refractivity contribution < 1.29 is 24.2 Å². The Morgan fingerprint density at radius 3 is 1.29 bits per heavy atom. The third-order valence-electron chi connectivity index (χ3n) is 10.1. The molecule has 312 valence electrons. The van der Waals surface area contributed by atoms with E-state index >= 15 is 0 Å². The molecule has 0 atom stereocenters. The van der Waals surface area contributed by atoms with Gasteiger partial charge >= 0.3 is 167 Å². The third-order valence-corrected chi connectivity index (χ3v) is 12.8. The van der Waals surface area contributed by atoms with Crippen molar-refractivity contribution in [1.82, 2.24) is 0 Å². The molecular formula is C51H62Cl6Zr. The average Bonchev–Trinajstić information content (AvgIpc) is 3.83. The maximum Gasteiger partial charge on any atom is -0.109 e. The van der Waals surface area contributed by atoms with Gasteiger partial charge in [-0.05, 0) is 39.4 Å². The molecule has 0 bridgehead atoms. The minimum absolute atomic E-state index is 0. The molecule has 0 nitrogen and oxygen atoms in total. The Morgan fingerprint density at radius 1 is 0.552 bits per heavy atom. The molecule has 0 fully saturated rings. The van der Waals surface area contributed by atoms with E-state index in [4.69, 9.17) is 46.4 Å². The second-order valence-electron chi connectivity index (χ2n) is 19.2. The first-order valence-corrected chi connectivity index (χ1v) is 23.0. The van der Waals surface area contributed by atoms with Crippen LogP contribution in [0.2, 0.25) is 0 Å². The van der Waals surface area contributed by atoms with Crippen molar-refractivity contribution in [2.75, 3.05) is 0 Å². The summed E-state index contributed by atoms with van der Waals surface area (Å²) in [5.74, 6) is 1.93. The first-order chi connectivity index (χ1) is 26.0. The molecule has 0 heterocycles. The number of benzene rings is 4. The maximum absolute atomic E-state index is 5.99.